The normalized spacial score (nSPS) is 12.6. The van der Waals surface area contributed by atoms with Crippen molar-refractivity contribution in [1.29, 1.82) is 0 Å². The molecule has 0 unspecified atom stereocenters. The molecule has 0 atom stereocenters. The lowest BCUT2D eigenvalue weighted by molar-refractivity contribution is -0.272. The zero-order valence-electron chi connectivity index (χ0n) is 11.0. The molecule has 1 amide bonds. The lowest BCUT2D eigenvalue weighted by Gasteiger charge is -2.23. The predicted molar refractivity (Wildman–Crippen MR) is 64.6 cm³/mol. The van der Waals surface area contributed by atoms with Gasteiger partial charge < -0.3 is 11.1 Å². The van der Waals surface area contributed by atoms with E-state index in [1.165, 1.54) is 26.0 Å². The second-order valence-corrected chi connectivity index (χ2v) is 4.48. The molecule has 1 rings (SSSR count). The number of nitrogens with two attached hydrogens (primary N) is 1. The van der Waals surface area contributed by atoms with E-state index in [1.54, 1.807) is 5.32 Å². The summed E-state index contributed by atoms with van der Waals surface area (Å²) in [6.45, 7) is 2.81. The van der Waals surface area contributed by atoms with E-state index in [0.29, 0.717) is 5.56 Å². The molecular formula is C12H12F6N2O. The number of anilines is 2. The largest absolute Gasteiger partial charge is 0.409 e. The van der Waals surface area contributed by atoms with Crippen molar-refractivity contribution >= 4 is 17.3 Å². The van der Waals surface area contributed by atoms with Crippen LogP contribution in [0.3, 0.4) is 0 Å². The fourth-order valence-corrected chi connectivity index (χ4v) is 1.73. The Kier molecular flexibility index (Phi) is 4.45. The van der Waals surface area contributed by atoms with Crippen molar-refractivity contribution in [2.45, 2.75) is 26.2 Å². The Balaban J connectivity index is 3.18. The quantitative estimate of drug-likeness (QED) is 0.648. The van der Waals surface area contributed by atoms with Crippen LogP contribution in [0.4, 0.5) is 37.7 Å². The van der Waals surface area contributed by atoms with E-state index in [-0.39, 0.29) is 16.9 Å². The summed E-state index contributed by atoms with van der Waals surface area (Å²) in [5.41, 5.74) is 6.01. The van der Waals surface area contributed by atoms with Crippen LogP contribution in [-0.4, -0.2) is 18.3 Å². The third-order valence-electron chi connectivity index (χ3n) is 2.88. The predicted octanol–water partition coefficient (Wildman–Crippen LogP) is 3.56. The summed E-state index contributed by atoms with van der Waals surface area (Å²) in [7, 11) is 0. The molecule has 0 saturated heterocycles. The smallest absolute Gasteiger partial charge is 0.398 e. The maximum atomic E-state index is 12.4. The zero-order chi connectivity index (χ0) is 16.6. The van der Waals surface area contributed by atoms with Crippen molar-refractivity contribution in [2.24, 2.45) is 5.92 Å². The molecule has 0 heterocycles. The number of carbonyl (C=O) groups excluding carboxylic acids is 1. The summed E-state index contributed by atoms with van der Waals surface area (Å²) in [6.07, 6.45) is -11.5. The minimum absolute atomic E-state index is 0.145. The molecule has 0 aromatic heterocycles. The van der Waals surface area contributed by atoms with E-state index in [2.05, 4.69) is 0 Å². The second-order valence-electron chi connectivity index (χ2n) is 4.48. The second kappa shape index (κ2) is 5.45. The Morgan fingerprint density at radius 2 is 1.57 bits per heavy atom. The molecule has 0 spiro atoms. The number of rotatable bonds is 2. The van der Waals surface area contributed by atoms with Crippen LogP contribution in [0.5, 0.6) is 0 Å². The molecule has 0 saturated carbocycles. The Morgan fingerprint density at radius 1 is 1.10 bits per heavy atom. The van der Waals surface area contributed by atoms with Gasteiger partial charge >= 0.3 is 12.4 Å². The maximum Gasteiger partial charge on any atom is 0.409 e. The highest BCUT2D eigenvalue weighted by Gasteiger charge is 2.61. The summed E-state index contributed by atoms with van der Waals surface area (Å²) >= 11 is 0. The Bertz CT molecular complexity index is 536. The van der Waals surface area contributed by atoms with Gasteiger partial charge in [0.25, 0.3) is 0 Å². The van der Waals surface area contributed by atoms with Crippen molar-refractivity contribution in [2.75, 3.05) is 11.1 Å². The van der Waals surface area contributed by atoms with Crippen LogP contribution >= 0.6 is 0 Å². The lowest BCUT2D eigenvalue weighted by atomic mass is 10.0. The topological polar surface area (TPSA) is 55.1 Å². The monoisotopic (exact) mass is 314 g/mol. The van der Waals surface area contributed by atoms with Gasteiger partial charge in [-0.1, -0.05) is 6.07 Å². The van der Waals surface area contributed by atoms with E-state index in [1.807, 2.05) is 0 Å². The van der Waals surface area contributed by atoms with Gasteiger partial charge in [-0.15, -0.1) is 0 Å². The first-order valence-corrected chi connectivity index (χ1v) is 5.65. The molecule has 118 valence electrons. The minimum Gasteiger partial charge on any atom is -0.398 e. The van der Waals surface area contributed by atoms with Crippen LogP contribution in [0.15, 0.2) is 12.1 Å². The Hall–Kier alpha value is -1.93. The van der Waals surface area contributed by atoms with E-state index < -0.39 is 24.2 Å². The highest BCUT2D eigenvalue weighted by molar-refractivity contribution is 5.95. The number of nitrogens with one attached hydrogen (secondary N) is 1. The SMILES string of the molecule is Cc1ccc(N)c(C)c1NC(=O)C(C(F)(F)F)C(F)(F)F. The summed E-state index contributed by atoms with van der Waals surface area (Å²) in [5, 5.41) is 1.67. The first-order valence-electron chi connectivity index (χ1n) is 5.65. The van der Waals surface area contributed by atoms with Crippen LogP contribution in [0, 0.1) is 19.8 Å². The Morgan fingerprint density at radius 3 is 2.00 bits per heavy atom. The molecule has 3 N–H and O–H groups in total. The minimum atomic E-state index is -5.73. The van der Waals surface area contributed by atoms with Gasteiger partial charge in [0.05, 0.1) is 0 Å². The Labute approximate surface area is 116 Å². The lowest BCUT2D eigenvalue weighted by Crippen LogP contribution is -2.45. The van der Waals surface area contributed by atoms with Crippen molar-refractivity contribution in [1.82, 2.24) is 0 Å². The maximum absolute atomic E-state index is 12.4. The number of amides is 1. The average molecular weight is 314 g/mol. The van der Waals surface area contributed by atoms with Crippen LogP contribution in [-0.2, 0) is 4.79 Å². The number of carbonyl (C=O) groups is 1. The molecule has 0 bridgehead atoms. The molecule has 1 aromatic carbocycles. The summed E-state index contributed by atoms with van der Waals surface area (Å²) in [4.78, 5) is 11.4. The molecule has 0 radical (unpaired) electrons. The first-order chi connectivity index (χ1) is 9.35. The van der Waals surface area contributed by atoms with E-state index >= 15 is 0 Å². The molecule has 0 aliphatic carbocycles. The third-order valence-corrected chi connectivity index (χ3v) is 2.88. The van der Waals surface area contributed by atoms with Gasteiger partial charge in [-0.05, 0) is 31.0 Å². The molecule has 1 aromatic rings. The van der Waals surface area contributed by atoms with Crippen molar-refractivity contribution < 1.29 is 31.1 Å². The number of hydrogen-bond donors (Lipinski definition) is 2. The van der Waals surface area contributed by atoms with Gasteiger partial charge in [0, 0.05) is 11.4 Å². The number of benzene rings is 1. The van der Waals surface area contributed by atoms with Gasteiger partial charge in [-0.25, -0.2) is 0 Å². The van der Waals surface area contributed by atoms with E-state index in [4.69, 9.17) is 5.73 Å². The van der Waals surface area contributed by atoms with E-state index in [0.717, 1.165) is 0 Å². The van der Waals surface area contributed by atoms with Crippen LogP contribution in [0.1, 0.15) is 11.1 Å². The van der Waals surface area contributed by atoms with Gasteiger partial charge in [-0.2, -0.15) is 26.3 Å². The summed E-state index contributed by atoms with van der Waals surface area (Å²) < 4.78 is 74.7. The van der Waals surface area contributed by atoms with Crippen LogP contribution in [0.25, 0.3) is 0 Å². The van der Waals surface area contributed by atoms with Gasteiger partial charge in [0.2, 0.25) is 11.8 Å². The fourth-order valence-electron chi connectivity index (χ4n) is 1.73. The summed E-state index contributed by atoms with van der Waals surface area (Å²) in [5.74, 6) is -6.28. The van der Waals surface area contributed by atoms with Crippen LogP contribution in [0.2, 0.25) is 0 Å². The number of aryl methyl sites for hydroxylation is 1. The van der Waals surface area contributed by atoms with E-state index in [9.17, 15) is 31.1 Å². The standard InChI is InChI=1S/C12H12F6N2O/c1-5-3-4-7(19)6(2)8(5)20-10(21)9(11(13,14)15)12(16,17)18/h3-4,9H,19H2,1-2H3,(H,20,21). The van der Waals surface area contributed by atoms with Crippen molar-refractivity contribution in [3.8, 4) is 0 Å². The molecule has 0 aliphatic rings. The van der Waals surface area contributed by atoms with Crippen molar-refractivity contribution in [3.63, 3.8) is 0 Å². The van der Waals surface area contributed by atoms with Gasteiger partial charge in [0.15, 0.2) is 0 Å². The molecule has 0 fully saturated rings. The summed E-state index contributed by atoms with van der Waals surface area (Å²) in [6, 6.07) is 2.82. The first kappa shape index (κ1) is 17.1. The average Bonchev–Trinajstić information content (AvgIpc) is 2.25. The highest BCUT2D eigenvalue weighted by atomic mass is 19.4. The number of alkyl halides is 6. The van der Waals surface area contributed by atoms with Gasteiger partial charge in [0.1, 0.15) is 0 Å². The molecule has 21 heavy (non-hydrogen) atoms. The molecule has 9 heteroatoms. The van der Waals surface area contributed by atoms with Crippen molar-refractivity contribution in [3.05, 3.63) is 23.3 Å². The zero-order valence-corrected chi connectivity index (χ0v) is 11.0. The number of hydrogen-bond acceptors (Lipinski definition) is 2. The van der Waals surface area contributed by atoms with Gasteiger partial charge in [-0.3, -0.25) is 4.79 Å². The third kappa shape index (κ3) is 3.79. The highest BCUT2D eigenvalue weighted by Crippen LogP contribution is 2.40. The molecule has 0 aliphatic heterocycles. The number of nitrogen functional groups attached to an aromatic ring is 1. The fraction of sp³-hybridized carbons (Fsp3) is 0.417. The molecular weight excluding hydrogens is 302 g/mol. The van der Waals surface area contributed by atoms with Crippen LogP contribution < -0.4 is 11.1 Å². The number of halogens is 6. The molecule has 3 nitrogen and oxygen atoms in total.